The number of benzene rings is 3. The van der Waals surface area contributed by atoms with Gasteiger partial charge in [0.1, 0.15) is 0 Å². The van der Waals surface area contributed by atoms with Crippen LogP contribution in [-0.4, -0.2) is 21.2 Å². The van der Waals surface area contributed by atoms with Crippen molar-refractivity contribution in [2.24, 2.45) is 0 Å². The number of halogens is 2. The number of carbonyl (C=O) groups excluding carboxylic acids is 1. The standard InChI is InChI=1S/C23H17Cl2N3OS/c24-17-9-11-20(12-10-17)28-21(16-5-2-1-3-6-16)14-26-23(28)30-15-22(29)27-19-8-4-7-18(25)13-19/h1-14H,15H2,(H,27,29). The Morgan fingerprint density at radius 2 is 1.70 bits per heavy atom. The predicted octanol–water partition coefficient (Wildman–Crippen LogP) is 6.58. The van der Waals surface area contributed by atoms with Crippen molar-refractivity contribution in [2.45, 2.75) is 5.16 Å². The maximum atomic E-state index is 12.4. The van der Waals surface area contributed by atoms with Crippen LogP contribution in [0.5, 0.6) is 0 Å². The first-order valence-corrected chi connectivity index (χ1v) is 10.9. The molecule has 1 amide bonds. The zero-order valence-corrected chi connectivity index (χ0v) is 18.1. The minimum absolute atomic E-state index is 0.130. The Bertz CT molecular complexity index is 1160. The van der Waals surface area contributed by atoms with E-state index in [4.69, 9.17) is 23.2 Å². The molecule has 0 aliphatic heterocycles. The van der Waals surface area contributed by atoms with Crippen molar-refractivity contribution in [3.63, 3.8) is 0 Å². The maximum Gasteiger partial charge on any atom is 0.234 e. The van der Waals surface area contributed by atoms with E-state index in [2.05, 4.69) is 10.3 Å². The molecule has 4 nitrogen and oxygen atoms in total. The number of nitrogens with zero attached hydrogens (tertiary/aromatic N) is 2. The lowest BCUT2D eigenvalue weighted by atomic mass is 10.1. The average Bonchev–Trinajstić information content (AvgIpc) is 3.17. The highest BCUT2D eigenvalue weighted by Crippen LogP contribution is 2.30. The van der Waals surface area contributed by atoms with Gasteiger partial charge in [0.05, 0.1) is 17.6 Å². The number of anilines is 1. The van der Waals surface area contributed by atoms with Crippen LogP contribution in [0.4, 0.5) is 5.69 Å². The maximum absolute atomic E-state index is 12.4. The third-order valence-corrected chi connectivity index (χ3v) is 5.76. The third-order valence-electron chi connectivity index (χ3n) is 4.32. The zero-order valence-electron chi connectivity index (χ0n) is 15.8. The molecule has 150 valence electrons. The van der Waals surface area contributed by atoms with Gasteiger partial charge in [-0.3, -0.25) is 9.36 Å². The summed E-state index contributed by atoms with van der Waals surface area (Å²) in [7, 11) is 0. The fourth-order valence-electron chi connectivity index (χ4n) is 2.98. The van der Waals surface area contributed by atoms with Crippen LogP contribution >= 0.6 is 35.0 Å². The second kappa shape index (κ2) is 9.39. The monoisotopic (exact) mass is 453 g/mol. The van der Waals surface area contributed by atoms with Gasteiger partial charge in [-0.2, -0.15) is 0 Å². The summed E-state index contributed by atoms with van der Waals surface area (Å²) in [6, 6.07) is 24.6. The number of hydrogen-bond donors (Lipinski definition) is 1. The van der Waals surface area contributed by atoms with Crippen molar-refractivity contribution in [3.05, 3.63) is 95.1 Å². The summed E-state index contributed by atoms with van der Waals surface area (Å²) in [6.07, 6.45) is 1.82. The summed E-state index contributed by atoms with van der Waals surface area (Å²) in [6.45, 7) is 0. The molecule has 0 spiro atoms. The first kappa shape index (κ1) is 20.5. The van der Waals surface area contributed by atoms with Crippen molar-refractivity contribution in [3.8, 4) is 16.9 Å². The first-order chi connectivity index (χ1) is 14.6. The van der Waals surface area contributed by atoms with E-state index < -0.39 is 0 Å². The van der Waals surface area contributed by atoms with Crippen LogP contribution in [0.2, 0.25) is 10.0 Å². The van der Waals surface area contributed by atoms with Crippen LogP contribution in [0.25, 0.3) is 16.9 Å². The number of aromatic nitrogens is 2. The molecule has 1 N–H and O–H groups in total. The van der Waals surface area contributed by atoms with E-state index in [0.717, 1.165) is 22.1 Å². The van der Waals surface area contributed by atoms with E-state index in [1.807, 2.05) is 65.4 Å². The van der Waals surface area contributed by atoms with Gasteiger partial charge in [-0.25, -0.2) is 4.98 Å². The van der Waals surface area contributed by atoms with Gasteiger partial charge in [0.2, 0.25) is 5.91 Å². The third kappa shape index (κ3) is 4.87. The Morgan fingerprint density at radius 3 is 2.43 bits per heavy atom. The number of amides is 1. The Labute approximate surface area is 188 Å². The minimum atomic E-state index is -0.130. The van der Waals surface area contributed by atoms with Crippen LogP contribution in [0.15, 0.2) is 90.2 Å². The first-order valence-electron chi connectivity index (χ1n) is 9.17. The number of rotatable bonds is 6. The quantitative estimate of drug-likeness (QED) is 0.335. The summed E-state index contributed by atoms with van der Waals surface area (Å²) >= 11 is 13.4. The molecule has 0 radical (unpaired) electrons. The molecule has 0 unspecified atom stereocenters. The predicted molar refractivity (Wildman–Crippen MR) is 125 cm³/mol. The molecule has 1 heterocycles. The van der Waals surface area contributed by atoms with Gasteiger partial charge in [0.25, 0.3) is 0 Å². The van der Waals surface area contributed by atoms with Crippen LogP contribution in [0, 0.1) is 0 Å². The van der Waals surface area contributed by atoms with Crippen molar-refractivity contribution in [2.75, 3.05) is 11.1 Å². The molecule has 0 saturated heterocycles. The number of hydrogen-bond acceptors (Lipinski definition) is 3. The fourth-order valence-corrected chi connectivity index (χ4v) is 4.09. The smallest absolute Gasteiger partial charge is 0.234 e. The van der Waals surface area contributed by atoms with Gasteiger partial charge in [-0.1, -0.05) is 71.4 Å². The van der Waals surface area contributed by atoms with E-state index in [1.54, 1.807) is 24.3 Å². The van der Waals surface area contributed by atoms with Gasteiger partial charge in [-0.15, -0.1) is 0 Å². The average molecular weight is 454 g/mol. The highest BCUT2D eigenvalue weighted by atomic mass is 35.5. The lowest BCUT2D eigenvalue weighted by molar-refractivity contribution is -0.113. The molecule has 1 aromatic heterocycles. The molecule has 0 atom stereocenters. The summed E-state index contributed by atoms with van der Waals surface area (Å²) in [5, 5.41) is 4.82. The Hall–Kier alpha value is -2.73. The molecule has 3 aromatic carbocycles. The Kier molecular flexibility index (Phi) is 6.43. The van der Waals surface area contributed by atoms with Crippen molar-refractivity contribution < 1.29 is 4.79 Å². The number of nitrogens with one attached hydrogen (secondary N) is 1. The summed E-state index contributed by atoms with van der Waals surface area (Å²) < 4.78 is 2.03. The van der Waals surface area contributed by atoms with E-state index >= 15 is 0 Å². The second-order valence-corrected chi connectivity index (χ2v) is 8.27. The van der Waals surface area contributed by atoms with Crippen LogP contribution in [0.1, 0.15) is 0 Å². The molecule has 4 aromatic rings. The molecule has 30 heavy (non-hydrogen) atoms. The summed E-state index contributed by atoms with van der Waals surface area (Å²) in [5.74, 6) is 0.0833. The van der Waals surface area contributed by atoms with Crippen molar-refractivity contribution in [1.82, 2.24) is 9.55 Å². The minimum Gasteiger partial charge on any atom is -0.325 e. The van der Waals surface area contributed by atoms with Crippen LogP contribution < -0.4 is 5.32 Å². The number of thioether (sulfide) groups is 1. The summed E-state index contributed by atoms with van der Waals surface area (Å²) in [4.78, 5) is 17.0. The highest BCUT2D eigenvalue weighted by molar-refractivity contribution is 7.99. The largest absolute Gasteiger partial charge is 0.325 e. The Morgan fingerprint density at radius 1 is 0.933 bits per heavy atom. The van der Waals surface area contributed by atoms with E-state index in [0.29, 0.717) is 15.7 Å². The van der Waals surface area contributed by atoms with Gasteiger partial charge >= 0.3 is 0 Å². The molecule has 4 rings (SSSR count). The van der Waals surface area contributed by atoms with Crippen molar-refractivity contribution >= 4 is 46.6 Å². The SMILES string of the molecule is O=C(CSc1ncc(-c2ccccc2)n1-c1ccc(Cl)cc1)Nc1cccc(Cl)c1. The lowest BCUT2D eigenvalue weighted by Gasteiger charge is -2.12. The van der Waals surface area contributed by atoms with Crippen LogP contribution in [0.3, 0.4) is 0 Å². The molecule has 0 fully saturated rings. The molecular formula is C23H17Cl2N3OS. The molecule has 0 aliphatic carbocycles. The number of imidazole rings is 1. The molecule has 0 aliphatic rings. The molecule has 0 saturated carbocycles. The van der Waals surface area contributed by atoms with E-state index in [1.165, 1.54) is 11.8 Å². The molecule has 7 heteroatoms. The zero-order chi connectivity index (χ0) is 20.9. The Balaban J connectivity index is 1.59. The molecular weight excluding hydrogens is 437 g/mol. The highest BCUT2D eigenvalue weighted by Gasteiger charge is 2.15. The topological polar surface area (TPSA) is 46.9 Å². The van der Waals surface area contributed by atoms with Gasteiger partial charge < -0.3 is 5.32 Å². The van der Waals surface area contributed by atoms with Crippen molar-refractivity contribution in [1.29, 1.82) is 0 Å². The fraction of sp³-hybridized carbons (Fsp3) is 0.0435. The lowest BCUT2D eigenvalue weighted by Crippen LogP contribution is -2.14. The number of carbonyl (C=O) groups is 1. The van der Waals surface area contributed by atoms with Gasteiger partial charge in [0, 0.05) is 27.0 Å². The van der Waals surface area contributed by atoms with E-state index in [9.17, 15) is 4.79 Å². The summed E-state index contributed by atoms with van der Waals surface area (Å²) in [5.41, 5.74) is 3.57. The van der Waals surface area contributed by atoms with E-state index in [-0.39, 0.29) is 11.7 Å². The normalized spacial score (nSPS) is 10.7. The molecule has 0 bridgehead atoms. The second-order valence-electron chi connectivity index (χ2n) is 6.45. The van der Waals surface area contributed by atoms with Gasteiger partial charge in [0.15, 0.2) is 5.16 Å². The van der Waals surface area contributed by atoms with Gasteiger partial charge in [-0.05, 0) is 42.5 Å². The van der Waals surface area contributed by atoms with Crippen LogP contribution in [-0.2, 0) is 4.79 Å².